The molecule has 3 heteroatoms. The Kier molecular flexibility index (Phi) is 8.60. The van der Waals surface area contributed by atoms with E-state index >= 15 is 0 Å². The van der Waals surface area contributed by atoms with Crippen molar-refractivity contribution in [1.82, 2.24) is 0 Å². The minimum Gasteiger partial charge on any atom is -0.481 e. The van der Waals surface area contributed by atoms with Crippen molar-refractivity contribution in [1.29, 1.82) is 0 Å². The molecule has 2 aromatic rings. The lowest BCUT2D eigenvalue weighted by atomic mass is 10.1. The molecule has 0 heterocycles. The molecular weight excluding hydrogens is 310 g/mol. The summed E-state index contributed by atoms with van der Waals surface area (Å²) in [4.78, 5) is 10.5. The molecule has 25 heavy (non-hydrogen) atoms. The molecule has 0 aliphatic carbocycles. The van der Waals surface area contributed by atoms with Gasteiger partial charge in [0.05, 0.1) is 0 Å². The van der Waals surface area contributed by atoms with Crippen molar-refractivity contribution < 1.29 is 9.90 Å². The first-order chi connectivity index (χ1) is 12.2. The first kappa shape index (κ1) is 19.0. The predicted molar refractivity (Wildman–Crippen MR) is 104 cm³/mol. The monoisotopic (exact) mass is 339 g/mol. The van der Waals surface area contributed by atoms with Gasteiger partial charge in [-0.05, 0) is 55.4 Å². The summed E-state index contributed by atoms with van der Waals surface area (Å²) < 4.78 is 0. The van der Waals surface area contributed by atoms with Gasteiger partial charge < -0.3 is 10.4 Å². The van der Waals surface area contributed by atoms with Crippen molar-refractivity contribution in [3.8, 4) is 0 Å². The zero-order chi connectivity index (χ0) is 17.7. The highest BCUT2D eigenvalue weighted by molar-refractivity contribution is 5.66. The molecule has 0 aromatic heterocycles. The van der Waals surface area contributed by atoms with E-state index in [1.165, 1.54) is 43.2 Å². The Bertz CT molecular complexity index is 608. The molecule has 0 amide bonds. The maximum absolute atomic E-state index is 10.5. The van der Waals surface area contributed by atoms with Crippen LogP contribution in [0.3, 0.4) is 0 Å². The lowest BCUT2D eigenvalue weighted by Crippen LogP contribution is -2.01. The summed E-state index contributed by atoms with van der Waals surface area (Å²) in [6.45, 7) is 1.00. The molecule has 0 aliphatic rings. The molecule has 0 fully saturated rings. The van der Waals surface area contributed by atoms with Crippen LogP contribution < -0.4 is 5.32 Å². The van der Waals surface area contributed by atoms with Gasteiger partial charge in [-0.3, -0.25) is 4.79 Å². The van der Waals surface area contributed by atoms with Gasteiger partial charge in [0, 0.05) is 18.7 Å². The molecule has 0 saturated heterocycles. The molecule has 134 valence electrons. The number of aliphatic carboxylic acids is 1. The first-order valence-corrected chi connectivity index (χ1v) is 9.32. The van der Waals surface area contributed by atoms with Gasteiger partial charge in [0.15, 0.2) is 0 Å². The molecule has 2 N–H and O–H groups in total. The molecule has 0 saturated carbocycles. The van der Waals surface area contributed by atoms with Gasteiger partial charge in [-0.1, -0.05) is 55.3 Å². The first-order valence-electron chi connectivity index (χ1n) is 9.32. The van der Waals surface area contributed by atoms with Crippen molar-refractivity contribution in [3.63, 3.8) is 0 Å². The van der Waals surface area contributed by atoms with Crippen LogP contribution in [0.25, 0.3) is 0 Å². The highest BCUT2D eigenvalue weighted by atomic mass is 16.4. The highest BCUT2D eigenvalue weighted by Gasteiger charge is 1.99. The second kappa shape index (κ2) is 11.3. The second-order valence-electron chi connectivity index (χ2n) is 6.52. The predicted octanol–water partition coefficient (Wildman–Crippen LogP) is 5.31. The van der Waals surface area contributed by atoms with Crippen molar-refractivity contribution in [2.75, 3.05) is 11.9 Å². The largest absolute Gasteiger partial charge is 0.481 e. The van der Waals surface area contributed by atoms with Gasteiger partial charge >= 0.3 is 5.97 Å². The number of hydrogen-bond acceptors (Lipinski definition) is 2. The zero-order valence-electron chi connectivity index (χ0n) is 14.9. The standard InChI is InChI=1S/C22H29NO2/c24-22(25)13-8-12-20-14-16-21(17-15-20)23-18-7-2-1-4-9-19-10-5-3-6-11-19/h3,5-6,10-11,14-17,23H,1-2,4,7-9,12-13,18H2,(H,24,25). The third-order valence-electron chi connectivity index (χ3n) is 4.37. The normalized spacial score (nSPS) is 10.6. The van der Waals surface area contributed by atoms with E-state index in [-0.39, 0.29) is 6.42 Å². The van der Waals surface area contributed by atoms with E-state index in [2.05, 4.69) is 59.9 Å². The van der Waals surface area contributed by atoms with Gasteiger partial charge in [0.2, 0.25) is 0 Å². The number of benzene rings is 2. The van der Waals surface area contributed by atoms with Crippen LogP contribution in [0.1, 0.15) is 49.7 Å². The summed E-state index contributed by atoms with van der Waals surface area (Å²) in [5.41, 5.74) is 3.78. The van der Waals surface area contributed by atoms with Crippen LogP contribution in [0.2, 0.25) is 0 Å². The maximum Gasteiger partial charge on any atom is 0.303 e. The van der Waals surface area contributed by atoms with Gasteiger partial charge in [-0.25, -0.2) is 0 Å². The highest BCUT2D eigenvalue weighted by Crippen LogP contribution is 2.13. The summed E-state index contributed by atoms with van der Waals surface area (Å²) in [7, 11) is 0. The third-order valence-corrected chi connectivity index (χ3v) is 4.37. The molecular formula is C22H29NO2. The van der Waals surface area contributed by atoms with E-state index in [0.717, 1.165) is 18.7 Å². The van der Waals surface area contributed by atoms with Crippen molar-refractivity contribution in [2.24, 2.45) is 0 Å². The summed E-state index contributed by atoms with van der Waals surface area (Å²) in [6, 6.07) is 19.0. The molecule has 0 radical (unpaired) electrons. The van der Waals surface area contributed by atoms with Gasteiger partial charge in [-0.2, -0.15) is 0 Å². The number of rotatable bonds is 12. The van der Waals surface area contributed by atoms with Crippen molar-refractivity contribution in [3.05, 3.63) is 65.7 Å². The van der Waals surface area contributed by atoms with Crippen LogP contribution in [-0.4, -0.2) is 17.6 Å². The quantitative estimate of drug-likeness (QED) is 0.515. The lowest BCUT2D eigenvalue weighted by Gasteiger charge is -2.08. The molecule has 0 aliphatic heterocycles. The number of aryl methyl sites for hydroxylation is 2. The molecule has 0 atom stereocenters. The van der Waals surface area contributed by atoms with Gasteiger partial charge in [0.25, 0.3) is 0 Å². The topological polar surface area (TPSA) is 49.3 Å². The number of carboxylic acid groups (broad SMARTS) is 1. The molecule has 2 aromatic carbocycles. The average molecular weight is 339 g/mol. The molecule has 2 rings (SSSR count). The maximum atomic E-state index is 10.5. The van der Waals surface area contributed by atoms with E-state index in [1.54, 1.807) is 0 Å². The number of carboxylic acids is 1. The molecule has 0 unspecified atom stereocenters. The second-order valence-corrected chi connectivity index (χ2v) is 6.52. The van der Waals surface area contributed by atoms with Crippen LogP contribution in [0, 0.1) is 0 Å². The van der Waals surface area contributed by atoms with Crippen molar-refractivity contribution in [2.45, 2.75) is 51.4 Å². The molecule has 3 nitrogen and oxygen atoms in total. The Morgan fingerprint density at radius 1 is 0.760 bits per heavy atom. The van der Waals surface area contributed by atoms with E-state index in [4.69, 9.17) is 5.11 Å². The Balaban J connectivity index is 1.52. The van der Waals surface area contributed by atoms with Gasteiger partial charge in [0.1, 0.15) is 0 Å². The van der Waals surface area contributed by atoms with Crippen LogP contribution in [0.15, 0.2) is 54.6 Å². The summed E-state index contributed by atoms with van der Waals surface area (Å²) in [5, 5.41) is 12.1. The zero-order valence-corrected chi connectivity index (χ0v) is 14.9. The van der Waals surface area contributed by atoms with Crippen LogP contribution in [0.4, 0.5) is 5.69 Å². The van der Waals surface area contributed by atoms with E-state index in [9.17, 15) is 4.79 Å². The fourth-order valence-corrected chi connectivity index (χ4v) is 2.92. The van der Waals surface area contributed by atoms with E-state index in [1.807, 2.05) is 0 Å². The average Bonchev–Trinajstić information content (AvgIpc) is 2.63. The van der Waals surface area contributed by atoms with Crippen LogP contribution in [0.5, 0.6) is 0 Å². The Morgan fingerprint density at radius 2 is 1.40 bits per heavy atom. The van der Waals surface area contributed by atoms with E-state index < -0.39 is 5.97 Å². The number of carbonyl (C=O) groups is 1. The van der Waals surface area contributed by atoms with Crippen LogP contribution >= 0.6 is 0 Å². The Labute approximate surface area is 151 Å². The summed E-state index contributed by atoms with van der Waals surface area (Å²) in [5.74, 6) is -0.720. The number of anilines is 1. The molecule has 0 spiro atoms. The number of hydrogen-bond donors (Lipinski definition) is 2. The fourth-order valence-electron chi connectivity index (χ4n) is 2.92. The minimum absolute atomic E-state index is 0.240. The van der Waals surface area contributed by atoms with E-state index in [0.29, 0.717) is 6.42 Å². The lowest BCUT2D eigenvalue weighted by molar-refractivity contribution is -0.137. The number of nitrogens with one attached hydrogen (secondary N) is 1. The Morgan fingerprint density at radius 3 is 2.12 bits per heavy atom. The van der Waals surface area contributed by atoms with Crippen LogP contribution in [-0.2, 0) is 17.6 Å². The fraction of sp³-hybridized carbons (Fsp3) is 0.409. The summed E-state index contributed by atoms with van der Waals surface area (Å²) >= 11 is 0. The minimum atomic E-state index is -0.720. The molecule has 0 bridgehead atoms. The Hall–Kier alpha value is -2.29. The SMILES string of the molecule is O=C(O)CCCc1ccc(NCCCCCCc2ccccc2)cc1. The third kappa shape index (κ3) is 8.39. The van der Waals surface area contributed by atoms with Gasteiger partial charge in [-0.15, -0.1) is 0 Å². The van der Waals surface area contributed by atoms with Crippen molar-refractivity contribution >= 4 is 11.7 Å². The smallest absolute Gasteiger partial charge is 0.303 e. The number of unbranched alkanes of at least 4 members (excludes halogenated alkanes) is 3. The summed E-state index contributed by atoms with van der Waals surface area (Å²) in [6.07, 6.45) is 7.93.